The molecule has 1 aromatic heterocycles. The first-order valence-corrected chi connectivity index (χ1v) is 13.1. The second-order valence-corrected chi connectivity index (χ2v) is 10.3. The fraction of sp³-hybridized carbons (Fsp3) is 0.357. The van der Waals surface area contributed by atoms with Crippen LogP contribution in [0.5, 0.6) is 0 Å². The van der Waals surface area contributed by atoms with Gasteiger partial charge in [-0.2, -0.15) is 0 Å². The van der Waals surface area contributed by atoms with Gasteiger partial charge in [-0.1, -0.05) is 37.3 Å². The summed E-state index contributed by atoms with van der Waals surface area (Å²) in [4.78, 5) is 43.1. The van der Waals surface area contributed by atoms with Gasteiger partial charge in [-0.3, -0.25) is 19.7 Å². The first kappa shape index (κ1) is 25.6. The van der Waals surface area contributed by atoms with Crippen molar-refractivity contribution < 1.29 is 14.5 Å². The van der Waals surface area contributed by atoms with Gasteiger partial charge < -0.3 is 9.80 Å². The summed E-state index contributed by atoms with van der Waals surface area (Å²) in [6, 6.07) is 14.3. The van der Waals surface area contributed by atoms with Gasteiger partial charge in [-0.15, -0.1) is 11.3 Å². The normalized spacial score (nSPS) is 15.8. The molecule has 2 unspecified atom stereocenters. The first-order chi connectivity index (χ1) is 17.2. The molecule has 188 valence electrons. The molecule has 1 aliphatic heterocycles. The molecule has 0 bridgehead atoms. The van der Waals surface area contributed by atoms with Crippen molar-refractivity contribution in [2.45, 2.75) is 52.6 Å². The van der Waals surface area contributed by atoms with Gasteiger partial charge in [0, 0.05) is 34.7 Å². The highest BCUT2D eigenvalue weighted by atomic mass is 32.1. The summed E-state index contributed by atoms with van der Waals surface area (Å²) in [5, 5.41) is 13.5. The number of nitrogens with zero attached hydrogens (tertiary/aromatic N) is 3. The van der Waals surface area contributed by atoms with Crippen LogP contribution < -0.4 is 0 Å². The number of thiophene rings is 1. The Hall–Kier alpha value is -3.52. The lowest BCUT2D eigenvalue weighted by Crippen LogP contribution is -2.49. The van der Waals surface area contributed by atoms with Crippen molar-refractivity contribution in [1.29, 1.82) is 0 Å². The highest BCUT2D eigenvalue weighted by Crippen LogP contribution is 2.39. The molecular formula is C28H31N3O4S. The van der Waals surface area contributed by atoms with Gasteiger partial charge in [-0.25, -0.2) is 0 Å². The molecule has 4 rings (SSSR count). The van der Waals surface area contributed by atoms with Crippen LogP contribution in [-0.4, -0.2) is 45.7 Å². The highest BCUT2D eigenvalue weighted by Gasteiger charge is 2.35. The zero-order valence-corrected chi connectivity index (χ0v) is 21.9. The number of fused-ring (bicyclic) bond motifs is 1. The number of hydrogen-bond donors (Lipinski definition) is 0. The molecular weight excluding hydrogens is 474 g/mol. The second-order valence-electron chi connectivity index (χ2n) is 9.34. The van der Waals surface area contributed by atoms with Crippen LogP contribution in [0.1, 0.15) is 63.8 Å². The van der Waals surface area contributed by atoms with E-state index in [1.165, 1.54) is 10.9 Å². The zero-order valence-electron chi connectivity index (χ0n) is 21.1. The molecule has 2 atom stereocenters. The SMILES string of the molecule is CCC(C)N(CC(=O)N1CCc2sccc2C1c1ccccc1C)C(=O)c1ccc(C)c([N+](=O)[O-])c1. The number of aryl methyl sites for hydroxylation is 2. The number of amides is 2. The van der Waals surface area contributed by atoms with Crippen LogP contribution in [0.25, 0.3) is 0 Å². The van der Waals surface area contributed by atoms with Crippen LogP contribution in [0, 0.1) is 24.0 Å². The van der Waals surface area contributed by atoms with E-state index in [0.29, 0.717) is 18.5 Å². The Morgan fingerprint density at radius 2 is 1.89 bits per heavy atom. The van der Waals surface area contributed by atoms with Crippen molar-refractivity contribution in [3.63, 3.8) is 0 Å². The van der Waals surface area contributed by atoms with Gasteiger partial charge in [0.15, 0.2) is 0 Å². The lowest BCUT2D eigenvalue weighted by molar-refractivity contribution is -0.385. The van der Waals surface area contributed by atoms with Gasteiger partial charge >= 0.3 is 0 Å². The molecule has 0 fully saturated rings. The lowest BCUT2D eigenvalue weighted by Gasteiger charge is -2.39. The summed E-state index contributed by atoms with van der Waals surface area (Å²) < 4.78 is 0. The van der Waals surface area contributed by atoms with Gasteiger partial charge in [-0.05, 0) is 67.8 Å². The Labute approximate surface area is 215 Å². The molecule has 0 saturated heterocycles. The third kappa shape index (κ3) is 4.91. The standard InChI is InChI=1S/C28H31N3O4S/c1-5-20(4)30(28(33)21-11-10-19(3)24(16-21)31(34)35)17-26(32)29-14-12-25-23(13-15-36-25)27(29)22-9-7-6-8-18(22)2/h6-11,13,15-16,20,27H,5,12,14,17H2,1-4H3. The van der Waals surface area contributed by atoms with Crippen molar-refractivity contribution >= 4 is 28.8 Å². The third-order valence-electron chi connectivity index (χ3n) is 7.11. The van der Waals surface area contributed by atoms with Crippen LogP contribution in [0.4, 0.5) is 5.69 Å². The number of carbonyl (C=O) groups is 2. The zero-order chi connectivity index (χ0) is 26.0. The lowest BCUT2D eigenvalue weighted by atomic mass is 9.90. The average Bonchev–Trinajstić information content (AvgIpc) is 3.35. The summed E-state index contributed by atoms with van der Waals surface area (Å²) >= 11 is 1.72. The summed E-state index contributed by atoms with van der Waals surface area (Å²) in [6.07, 6.45) is 1.44. The number of carbonyl (C=O) groups excluding carboxylic acids is 2. The molecule has 2 amide bonds. The predicted molar refractivity (Wildman–Crippen MR) is 141 cm³/mol. The highest BCUT2D eigenvalue weighted by molar-refractivity contribution is 7.10. The molecule has 1 aliphatic rings. The minimum atomic E-state index is -0.482. The molecule has 7 nitrogen and oxygen atoms in total. The quantitative estimate of drug-likeness (QED) is 0.305. The molecule has 36 heavy (non-hydrogen) atoms. The minimum Gasteiger partial charge on any atom is -0.330 e. The van der Waals surface area contributed by atoms with Crippen LogP contribution in [0.2, 0.25) is 0 Å². The number of benzene rings is 2. The van der Waals surface area contributed by atoms with E-state index in [-0.39, 0.29) is 41.7 Å². The van der Waals surface area contributed by atoms with E-state index in [1.54, 1.807) is 35.3 Å². The molecule has 8 heteroatoms. The topological polar surface area (TPSA) is 83.8 Å². The van der Waals surface area contributed by atoms with E-state index in [1.807, 2.05) is 30.9 Å². The van der Waals surface area contributed by atoms with E-state index >= 15 is 0 Å². The maximum absolute atomic E-state index is 13.8. The fourth-order valence-corrected chi connectivity index (χ4v) is 5.71. The average molecular weight is 506 g/mol. The smallest absolute Gasteiger partial charge is 0.273 e. The largest absolute Gasteiger partial charge is 0.330 e. The molecule has 0 aliphatic carbocycles. The van der Waals surface area contributed by atoms with Crippen molar-refractivity contribution in [3.05, 3.63) is 96.7 Å². The number of nitro benzene ring substituents is 1. The van der Waals surface area contributed by atoms with Gasteiger partial charge in [0.25, 0.3) is 11.6 Å². The van der Waals surface area contributed by atoms with Crippen molar-refractivity contribution in [2.24, 2.45) is 0 Å². The Morgan fingerprint density at radius 1 is 1.14 bits per heavy atom. The Bertz CT molecular complexity index is 1300. The van der Waals surface area contributed by atoms with Crippen LogP contribution in [0.3, 0.4) is 0 Å². The molecule has 0 radical (unpaired) electrons. The molecule has 3 aromatic rings. The van der Waals surface area contributed by atoms with Gasteiger partial charge in [0.1, 0.15) is 6.54 Å². The van der Waals surface area contributed by atoms with Crippen LogP contribution in [0.15, 0.2) is 53.9 Å². The number of nitro groups is 1. The van der Waals surface area contributed by atoms with Gasteiger partial charge in [0.2, 0.25) is 5.91 Å². The first-order valence-electron chi connectivity index (χ1n) is 12.2. The minimum absolute atomic E-state index is 0.0859. The van der Waals surface area contributed by atoms with Crippen LogP contribution >= 0.6 is 11.3 Å². The van der Waals surface area contributed by atoms with E-state index in [4.69, 9.17) is 0 Å². The molecule has 2 aromatic carbocycles. The van der Waals surface area contributed by atoms with E-state index < -0.39 is 4.92 Å². The number of hydrogen-bond acceptors (Lipinski definition) is 5. The Balaban J connectivity index is 1.66. The Morgan fingerprint density at radius 3 is 2.58 bits per heavy atom. The van der Waals surface area contributed by atoms with Crippen molar-refractivity contribution in [2.75, 3.05) is 13.1 Å². The maximum Gasteiger partial charge on any atom is 0.273 e. The van der Waals surface area contributed by atoms with Crippen LogP contribution in [-0.2, 0) is 11.2 Å². The molecule has 0 spiro atoms. The molecule has 0 saturated carbocycles. The van der Waals surface area contributed by atoms with E-state index in [2.05, 4.69) is 30.5 Å². The van der Waals surface area contributed by atoms with Crippen molar-refractivity contribution in [1.82, 2.24) is 9.80 Å². The molecule has 0 N–H and O–H groups in total. The summed E-state index contributed by atoms with van der Waals surface area (Å²) in [5.41, 5.74) is 3.95. The van der Waals surface area contributed by atoms with Gasteiger partial charge in [0.05, 0.1) is 11.0 Å². The molecule has 2 heterocycles. The second kappa shape index (κ2) is 10.6. The summed E-state index contributed by atoms with van der Waals surface area (Å²) in [6.45, 7) is 8.05. The Kier molecular flexibility index (Phi) is 7.54. The summed E-state index contributed by atoms with van der Waals surface area (Å²) in [5.74, 6) is -0.503. The number of rotatable bonds is 7. The monoisotopic (exact) mass is 505 g/mol. The van der Waals surface area contributed by atoms with E-state index in [0.717, 1.165) is 23.1 Å². The van der Waals surface area contributed by atoms with E-state index in [9.17, 15) is 19.7 Å². The summed E-state index contributed by atoms with van der Waals surface area (Å²) in [7, 11) is 0. The third-order valence-corrected chi connectivity index (χ3v) is 8.11. The fourth-order valence-electron chi connectivity index (χ4n) is 4.80. The maximum atomic E-state index is 13.8. The predicted octanol–water partition coefficient (Wildman–Crippen LogP) is 5.69. The van der Waals surface area contributed by atoms with Crippen molar-refractivity contribution in [3.8, 4) is 0 Å².